The standard InChI is InChI=1S/C27H25IN2O6S2/c1-34-23-13-18(12-22(28)25(23)36-15-17-2-4-19(5-3-17)26(32)33)14-29-30-24(31)16-35-21-8-6-20(7-9-21)27-37-10-11-38-27/h2-9,12-14,27H,10-11,15-16H2,1H3,(H,30,31)(H,32,33)/b29-14-. The van der Waals surface area contributed by atoms with Crippen molar-refractivity contribution in [2.45, 2.75) is 11.2 Å². The van der Waals surface area contributed by atoms with Crippen LogP contribution in [0.1, 0.15) is 31.6 Å². The van der Waals surface area contributed by atoms with Gasteiger partial charge < -0.3 is 19.3 Å². The van der Waals surface area contributed by atoms with E-state index in [1.165, 1.54) is 42.5 Å². The van der Waals surface area contributed by atoms with Crippen LogP contribution in [0.15, 0.2) is 65.8 Å². The molecule has 11 heteroatoms. The van der Waals surface area contributed by atoms with Gasteiger partial charge in [-0.05, 0) is 75.7 Å². The predicted octanol–water partition coefficient (Wildman–Crippen LogP) is 5.58. The van der Waals surface area contributed by atoms with Gasteiger partial charge in [0.05, 0.1) is 27.0 Å². The Labute approximate surface area is 242 Å². The van der Waals surface area contributed by atoms with E-state index in [-0.39, 0.29) is 24.7 Å². The fourth-order valence-electron chi connectivity index (χ4n) is 3.49. The topological polar surface area (TPSA) is 106 Å². The van der Waals surface area contributed by atoms with Gasteiger partial charge >= 0.3 is 5.97 Å². The zero-order valence-electron chi connectivity index (χ0n) is 20.4. The van der Waals surface area contributed by atoms with E-state index in [0.717, 1.165) is 9.13 Å². The first-order valence-electron chi connectivity index (χ1n) is 11.5. The molecule has 0 aliphatic carbocycles. The molecule has 1 aliphatic heterocycles. The van der Waals surface area contributed by atoms with Gasteiger partial charge in [0.25, 0.3) is 5.91 Å². The number of ether oxygens (including phenoxy) is 3. The normalized spacial score (nSPS) is 13.4. The number of carbonyl (C=O) groups is 2. The van der Waals surface area contributed by atoms with Crippen molar-refractivity contribution in [3.8, 4) is 17.2 Å². The van der Waals surface area contributed by atoms with E-state index in [2.05, 4.69) is 33.1 Å². The molecule has 2 N–H and O–H groups in total. The molecule has 4 rings (SSSR count). The summed E-state index contributed by atoms with van der Waals surface area (Å²) in [7, 11) is 1.54. The lowest BCUT2D eigenvalue weighted by molar-refractivity contribution is -0.123. The van der Waals surface area contributed by atoms with Crippen LogP contribution in [-0.4, -0.2) is 48.4 Å². The second-order valence-corrected chi connectivity index (χ2v) is 11.9. The van der Waals surface area contributed by atoms with E-state index >= 15 is 0 Å². The lowest BCUT2D eigenvalue weighted by atomic mass is 10.1. The summed E-state index contributed by atoms with van der Waals surface area (Å²) >= 11 is 6.02. The number of hydrazone groups is 1. The monoisotopic (exact) mass is 664 g/mol. The predicted molar refractivity (Wildman–Crippen MR) is 159 cm³/mol. The highest BCUT2D eigenvalue weighted by Gasteiger charge is 2.18. The molecule has 3 aromatic rings. The second-order valence-electron chi connectivity index (χ2n) is 8.05. The molecule has 0 saturated carbocycles. The molecule has 0 radical (unpaired) electrons. The lowest BCUT2D eigenvalue weighted by Crippen LogP contribution is -2.24. The number of halogens is 1. The summed E-state index contributed by atoms with van der Waals surface area (Å²) in [6, 6.07) is 17.9. The van der Waals surface area contributed by atoms with Crippen molar-refractivity contribution in [1.29, 1.82) is 0 Å². The van der Waals surface area contributed by atoms with Gasteiger partial charge in [-0.15, -0.1) is 23.5 Å². The molecule has 3 aromatic carbocycles. The lowest BCUT2D eigenvalue weighted by Gasteiger charge is -2.13. The molecular formula is C27H25IN2O6S2. The number of amides is 1. The van der Waals surface area contributed by atoms with Crippen LogP contribution in [-0.2, 0) is 11.4 Å². The summed E-state index contributed by atoms with van der Waals surface area (Å²) in [5, 5.41) is 13.1. The Hall–Kier alpha value is -2.90. The molecular weight excluding hydrogens is 639 g/mol. The van der Waals surface area contributed by atoms with Crippen LogP contribution in [0, 0.1) is 3.57 Å². The van der Waals surface area contributed by atoms with Crippen molar-refractivity contribution in [2.24, 2.45) is 5.10 Å². The molecule has 1 aliphatic rings. The maximum absolute atomic E-state index is 12.2. The maximum Gasteiger partial charge on any atom is 0.335 e. The zero-order valence-corrected chi connectivity index (χ0v) is 24.2. The quantitative estimate of drug-likeness (QED) is 0.156. The van der Waals surface area contributed by atoms with E-state index in [0.29, 0.717) is 27.4 Å². The van der Waals surface area contributed by atoms with Crippen molar-refractivity contribution >= 4 is 64.2 Å². The minimum absolute atomic E-state index is 0.148. The molecule has 0 atom stereocenters. The van der Waals surface area contributed by atoms with Crippen molar-refractivity contribution in [1.82, 2.24) is 5.43 Å². The number of hydrogen-bond donors (Lipinski definition) is 2. The first-order chi connectivity index (χ1) is 18.4. The van der Waals surface area contributed by atoms with Crippen LogP contribution >= 0.6 is 46.1 Å². The number of benzene rings is 3. The average Bonchev–Trinajstić information content (AvgIpc) is 3.47. The molecule has 1 amide bonds. The Kier molecular flexibility index (Phi) is 10.2. The number of carboxylic acid groups (broad SMARTS) is 1. The van der Waals surface area contributed by atoms with Crippen molar-refractivity contribution in [3.63, 3.8) is 0 Å². The summed E-state index contributed by atoms with van der Waals surface area (Å²) in [6.07, 6.45) is 1.52. The maximum atomic E-state index is 12.2. The Morgan fingerprint density at radius 1 is 1.08 bits per heavy atom. The molecule has 198 valence electrons. The third kappa shape index (κ3) is 7.81. The van der Waals surface area contributed by atoms with Gasteiger partial charge in [0, 0.05) is 11.5 Å². The summed E-state index contributed by atoms with van der Waals surface area (Å²) in [5.74, 6) is 2.69. The Morgan fingerprint density at radius 2 is 1.79 bits per heavy atom. The molecule has 8 nitrogen and oxygen atoms in total. The van der Waals surface area contributed by atoms with Gasteiger partial charge in [-0.25, -0.2) is 10.2 Å². The van der Waals surface area contributed by atoms with Crippen molar-refractivity contribution < 1.29 is 28.9 Å². The van der Waals surface area contributed by atoms with Gasteiger partial charge in [-0.1, -0.05) is 24.3 Å². The highest BCUT2D eigenvalue weighted by molar-refractivity contribution is 14.1. The van der Waals surface area contributed by atoms with Crippen LogP contribution < -0.4 is 19.6 Å². The first-order valence-corrected chi connectivity index (χ1v) is 14.7. The number of nitrogens with zero attached hydrogens (tertiary/aromatic N) is 1. The smallest absolute Gasteiger partial charge is 0.335 e. The molecule has 38 heavy (non-hydrogen) atoms. The van der Waals surface area contributed by atoms with Crippen molar-refractivity contribution in [2.75, 3.05) is 25.2 Å². The van der Waals surface area contributed by atoms with Crippen LogP contribution in [0.25, 0.3) is 0 Å². The van der Waals surface area contributed by atoms with Crippen molar-refractivity contribution in [3.05, 3.63) is 86.5 Å². The van der Waals surface area contributed by atoms with E-state index in [1.54, 1.807) is 18.2 Å². The molecule has 0 unspecified atom stereocenters. The average molecular weight is 665 g/mol. The first kappa shape index (κ1) is 28.1. The van der Waals surface area contributed by atoms with E-state index in [4.69, 9.17) is 19.3 Å². The highest BCUT2D eigenvalue weighted by Crippen LogP contribution is 2.45. The third-order valence-electron chi connectivity index (χ3n) is 5.38. The molecule has 0 bridgehead atoms. The number of methoxy groups -OCH3 is 1. The molecule has 1 fully saturated rings. The molecule has 1 saturated heterocycles. The van der Waals surface area contributed by atoms with Crippen LogP contribution in [0.4, 0.5) is 0 Å². The number of carboxylic acids is 1. The number of carbonyl (C=O) groups excluding carboxylic acids is 1. The number of thioether (sulfide) groups is 2. The number of rotatable bonds is 11. The van der Waals surface area contributed by atoms with E-state index in [9.17, 15) is 9.59 Å². The number of nitrogens with one attached hydrogen (secondary N) is 1. The Bertz CT molecular complexity index is 1300. The Morgan fingerprint density at radius 3 is 2.45 bits per heavy atom. The summed E-state index contributed by atoms with van der Waals surface area (Å²) in [5.41, 5.74) is 5.48. The fourth-order valence-corrected chi connectivity index (χ4v) is 7.13. The van der Waals surface area contributed by atoms with Gasteiger partial charge in [-0.3, -0.25) is 4.79 Å². The minimum Gasteiger partial charge on any atom is -0.493 e. The fraction of sp³-hybridized carbons (Fsp3) is 0.222. The van der Waals surface area contributed by atoms with Gasteiger partial charge in [0.15, 0.2) is 18.1 Å². The summed E-state index contributed by atoms with van der Waals surface area (Å²) in [6.45, 7) is 0.0989. The Balaban J connectivity index is 1.28. The molecule has 0 aromatic heterocycles. The van der Waals surface area contributed by atoms with Gasteiger partial charge in [0.1, 0.15) is 12.4 Å². The van der Waals surface area contributed by atoms with Gasteiger partial charge in [0.2, 0.25) is 0 Å². The zero-order chi connectivity index (χ0) is 26.9. The number of hydrogen-bond acceptors (Lipinski definition) is 8. The summed E-state index contributed by atoms with van der Waals surface area (Å²) in [4.78, 5) is 23.2. The largest absolute Gasteiger partial charge is 0.493 e. The van der Waals surface area contributed by atoms with Crippen LogP contribution in [0.3, 0.4) is 0 Å². The SMILES string of the molecule is COc1cc(/C=N\NC(=O)COc2ccc(C3SCCS3)cc2)cc(I)c1OCc1ccc(C(=O)O)cc1. The van der Waals surface area contributed by atoms with Crippen LogP contribution in [0.2, 0.25) is 0 Å². The second kappa shape index (κ2) is 13.8. The molecule has 1 heterocycles. The highest BCUT2D eigenvalue weighted by atomic mass is 127. The number of aromatic carboxylic acids is 1. The minimum atomic E-state index is -0.975. The van der Waals surface area contributed by atoms with Crippen LogP contribution in [0.5, 0.6) is 17.2 Å². The van der Waals surface area contributed by atoms with E-state index < -0.39 is 5.97 Å². The molecule has 0 spiro atoms. The van der Waals surface area contributed by atoms with Gasteiger partial charge in [-0.2, -0.15) is 5.10 Å². The summed E-state index contributed by atoms with van der Waals surface area (Å²) < 4.78 is 18.3. The van der Waals surface area contributed by atoms with E-state index in [1.807, 2.05) is 53.9 Å². The third-order valence-corrected chi connectivity index (χ3v) is 9.29.